The Balaban J connectivity index is 1.86. The lowest BCUT2D eigenvalue weighted by Gasteiger charge is -2.12. The van der Waals surface area contributed by atoms with Crippen LogP contribution >= 0.6 is 11.6 Å². The standard InChI is InChI=1S/C15H17ClN2/c16-15-4-2-1-3-13(15)11-14(17)6-5-12-7-9-18-10-8-12/h1-4,7-10,14H,5-6,11,17H2. The van der Waals surface area contributed by atoms with E-state index in [2.05, 4.69) is 4.98 Å². The van der Waals surface area contributed by atoms with Crippen LogP contribution in [0.2, 0.25) is 5.02 Å². The summed E-state index contributed by atoms with van der Waals surface area (Å²) in [5.74, 6) is 0. The van der Waals surface area contributed by atoms with Crippen LogP contribution in [0.25, 0.3) is 0 Å². The van der Waals surface area contributed by atoms with Crippen LogP contribution < -0.4 is 5.73 Å². The summed E-state index contributed by atoms with van der Waals surface area (Å²) in [7, 11) is 0. The zero-order chi connectivity index (χ0) is 12.8. The number of rotatable bonds is 5. The molecule has 2 N–H and O–H groups in total. The highest BCUT2D eigenvalue weighted by atomic mass is 35.5. The maximum Gasteiger partial charge on any atom is 0.0438 e. The van der Waals surface area contributed by atoms with Gasteiger partial charge in [-0.3, -0.25) is 4.98 Å². The highest BCUT2D eigenvalue weighted by Gasteiger charge is 2.07. The third kappa shape index (κ3) is 3.83. The van der Waals surface area contributed by atoms with E-state index in [0.29, 0.717) is 0 Å². The molecule has 0 saturated heterocycles. The minimum Gasteiger partial charge on any atom is -0.327 e. The van der Waals surface area contributed by atoms with Gasteiger partial charge in [-0.05, 0) is 48.6 Å². The molecule has 0 amide bonds. The van der Waals surface area contributed by atoms with Gasteiger partial charge in [0, 0.05) is 23.5 Å². The summed E-state index contributed by atoms with van der Waals surface area (Å²) in [6.07, 6.45) is 6.39. The first-order valence-corrected chi connectivity index (χ1v) is 6.51. The van der Waals surface area contributed by atoms with Gasteiger partial charge >= 0.3 is 0 Å². The number of halogens is 1. The summed E-state index contributed by atoms with van der Waals surface area (Å²) in [5.41, 5.74) is 8.55. The molecule has 2 rings (SSSR count). The van der Waals surface area contributed by atoms with Crippen molar-refractivity contribution in [1.29, 1.82) is 0 Å². The van der Waals surface area contributed by atoms with Crippen LogP contribution in [0.15, 0.2) is 48.8 Å². The summed E-state index contributed by atoms with van der Waals surface area (Å²) in [6.45, 7) is 0. The molecule has 0 aliphatic carbocycles. The van der Waals surface area contributed by atoms with Crippen molar-refractivity contribution in [2.45, 2.75) is 25.3 Å². The molecule has 94 valence electrons. The largest absolute Gasteiger partial charge is 0.327 e. The number of hydrogen-bond donors (Lipinski definition) is 1. The van der Waals surface area contributed by atoms with E-state index < -0.39 is 0 Å². The Hall–Kier alpha value is -1.38. The van der Waals surface area contributed by atoms with Crippen LogP contribution in [-0.4, -0.2) is 11.0 Å². The molecular weight excluding hydrogens is 244 g/mol. The average Bonchev–Trinajstić information content (AvgIpc) is 2.40. The van der Waals surface area contributed by atoms with E-state index in [1.165, 1.54) is 5.56 Å². The number of aryl methyl sites for hydroxylation is 1. The van der Waals surface area contributed by atoms with Crippen LogP contribution in [0.4, 0.5) is 0 Å². The monoisotopic (exact) mass is 260 g/mol. The minimum absolute atomic E-state index is 0.137. The molecule has 0 spiro atoms. The number of nitrogens with two attached hydrogens (primary N) is 1. The molecule has 2 aromatic rings. The average molecular weight is 261 g/mol. The molecule has 3 heteroatoms. The van der Waals surface area contributed by atoms with Crippen molar-refractivity contribution in [3.8, 4) is 0 Å². The van der Waals surface area contributed by atoms with E-state index in [4.69, 9.17) is 17.3 Å². The summed E-state index contributed by atoms with van der Waals surface area (Å²) in [6, 6.07) is 12.1. The molecule has 0 fully saturated rings. The highest BCUT2D eigenvalue weighted by Crippen LogP contribution is 2.17. The van der Waals surface area contributed by atoms with E-state index in [0.717, 1.165) is 29.8 Å². The Morgan fingerprint density at radius 3 is 2.56 bits per heavy atom. The molecule has 1 aromatic heterocycles. The Labute approximate surface area is 113 Å². The quantitative estimate of drug-likeness (QED) is 0.896. The fourth-order valence-electron chi connectivity index (χ4n) is 1.95. The minimum atomic E-state index is 0.137. The molecular formula is C15H17ClN2. The van der Waals surface area contributed by atoms with Gasteiger partial charge in [-0.25, -0.2) is 0 Å². The Morgan fingerprint density at radius 1 is 1.11 bits per heavy atom. The number of nitrogens with zero attached hydrogens (tertiary/aromatic N) is 1. The molecule has 0 saturated carbocycles. The summed E-state index contributed by atoms with van der Waals surface area (Å²) >= 11 is 6.12. The molecule has 0 radical (unpaired) electrons. The van der Waals surface area contributed by atoms with Crippen molar-refractivity contribution >= 4 is 11.6 Å². The van der Waals surface area contributed by atoms with Gasteiger partial charge in [0.2, 0.25) is 0 Å². The van der Waals surface area contributed by atoms with Gasteiger partial charge in [0.05, 0.1) is 0 Å². The van der Waals surface area contributed by atoms with Crippen molar-refractivity contribution in [1.82, 2.24) is 4.98 Å². The SMILES string of the molecule is NC(CCc1ccncc1)Cc1ccccc1Cl. The number of benzene rings is 1. The maximum atomic E-state index is 6.15. The molecule has 0 aliphatic rings. The smallest absolute Gasteiger partial charge is 0.0438 e. The van der Waals surface area contributed by atoms with E-state index in [9.17, 15) is 0 Å². The molecule has 1 unspecified atom stereocenters. The first-order valence-electron chi connectivity index (χ1n) is 6.13. The third-order valence-corrected chi connectivity index (χ3v) is 3.36. The van der Waals surface area contributed by atoms with E-state index >= 15 is 0 Å². The first-order chi connectivity index (χ1) is 8.75. The van der Waals surface area contributed by atoms with Gasteiger partial charge in [0.15, 0.2) is 0 Å². The number of hydrogen-bond acceptors (Lipinski definition) is 2. The molecule has 18 heavy (non-hydrogen) atoms. The normalized spacial score (nSPS) is 12.3. The predicted molar refractivity (Wildman–Crippen MR) is 75.7 cm³/mol. The Kier molecular flexibility index (Phi) is 4.73. The third-order valence-electron chi connectivity index (χ3n) is 2.99. The second-order valence-corrected chi connectivity index (χ2v) is 4.86. The van der Waals surface area contributed by atoms with E-state index in [-0.39, 0.29) is 6.04 Å². The summed E-state index contributed by atoms with van der Waals surface area (Å²) < 4.78 is 0. The molecule has 1 atom stereocenters. The number of pyridine rings is 1. The van der Waals surface area contributed by atoms with Gasteiger partial charge in [0.25, 0.3) is 0 Å². The van der Waals surface area contributed by atoms with Gasteiger partial charge in [0.1, 0.15) is 0 Å². The number of aromatic nitrogens is 1. The lowest BCUT2D eigenvalue weighted by atomic mass is 10.0. The van der Waals surface area contributed by atoms with Crippen LogP contribution in [0.5, 0.6) is 0 Å². The van der Waals surface area contributed by atoms with E-state index in [1.54, 1.807) is 0 Å². The zero-order valence-corrected chi connectivity index (χ0v) is 11.0. The second kappa shape index (κ2) is 6.53. The second-order valence-electron chi connectivity index (χ2n) is 4.45. The lowest BCUT2D eigenvalue weighted by Crippen LogP contribution is -2.23. The fraction of sp³-hybridized carbons (Fsp3) is 0.267. The predicted octanol–water partition coefficient (Wildman–Crippen LogP) is 3.24. The Bertz CT molecular complexity index is 485. The van der Waals surface area contributed by atoms with Gasteiger partial charge in [-0.15, -0.1) is 0 Å². The maximum absolute atomic E-state index is 6.15. The first kappa shape index (κ1) is 13.1. The van der Waals surface area contributed by atoms with E-state index in [1.807, 2.05) is 48.8 Å². The van der Waals surface area contributed by atoms with Crippen LogP contribution in [-0.2, 0) is 12.8 Å². The fourth-order valence-corrected chi connectivity index (χ4v) is 2.16. The topological polar surface area (TPSA) is 38.9 Å². The van der Waals surface area contributed by atoms with Crippen molar-refractivity contribution in [2.75, 3.05) is 0 Å². The molecule has 1 heterocycles. The van der Waals surface area contributed by atoms with Crippen molar-refractivity contribution in [2.24, 2.45) is 5.73 Å². The zero-order valence-electron chi connectivity index (χ0n) is 10.2. The Morgan fingerprint density at radius 2 is 1.83 bits per heavy atom. The van der Waals surface area contributed by atoms with Gasteiger partial charge < -0.3 is 5.73 Å². The summed E-state index contributed by atoms with van der Waals surface area (Å²) in [5, 5.41) is 0.803. The molecule has 0 aliphatic heterocycles. The molecule has 0 bridgehead atoms. The van der Waals surface area contributed by atoms with Crippen LogP contribution in [0.3, 0.4) is 0 Å². The van der Waals surface area contributed by atoms with Crippen molar-refractivity contribution in [3.63, 3.8) is 0 Å². The molecule has 2 nitrogen and oxygen atoms in total. The highest BCUT2D eigenvalue weighted by molar-refractivity contribution is 6.31. The van der Waals surface area contributed by atoms with Gasteiger partial charge in [-0.2, -0.15) is 0 Å². The van der Waals surface area contributed by atoms with Crippen molar-refractivity contribution in [3.05, 3.63) is 64.9 Å². The van der Waals surface area contributed by atoms with Crippen LogP contribution in [0.1, 0.15) is 17.5 Å². The summed E-state index contributed by atoms with van der Waals surface area (Å²) in [4.78, 5) is 4.00. The van der Waals surface area contributed by atoms with Gasteiger partial charge in [-0.1, -0.05) is 29.8 Å². The van der Waals surface area contributed by atoms with Crippen molar-refractivity contribution < 1.29 is 0 Å². The lowest BCUT2D eigenvalue weighted by molar-refractivity contribution is 0.610. The molecule has 1 aromatic carbocycles. The van der Waals surface area contributed by atoms with Crippen LogP contribution in [0, 0.1) is 0 Å².